The Hall–Kier alpha value is -2.66. The summed E-state index contributed by atoms with van der Waals surface area (Å²) < 4.78 is 51.8. The first-order valence-corrected chi connectivity index (χ1v) is 12.7. The quantitative estimate of drug-likeness (QED) is 0.503. The van der Waals surface area contributed by atoms with E-state index in [-0.39, 0.29) is 19.6 Å². The molecule has 1 amide bonds. The van der Waals surface area contributed by atoms with E-state index < -0.39 is 40.3 Å². The van der Waals surface area contributed by atoms with Crippen LogP contribution in [0.1, 0.15) is 25.0 Å². The summed E-state index contributed by atoms with van der Waals surface area (Å²) >= 11 is 0. The highest BCUT2D eigenvalue weighted by molar-refractivity contribution is 7.86. The third kappa shape index (κ3) is 7.98. The molecule has 3 rings (SSSR count). The van der Waals surface area contributed by atoms with Crippen molar-refractivity contribution in [1.82, 2.24) is 5.32 Å². The molecule has 34 heavy (non-hydrogen) atoms. The van der Waals surface area contributed by atoms with Gasteiger partial charge in [0.05, 0.1) is 13.4 Å². The molecule has 0 radical (unpaired) electrons. The summed E-state index contributed by atoms with van der Waals surface area (Å²) in [5.74, 6) is -0.314. The number of benzene rings is 2. The maximum atomic E-state index is 12.2. The Balaban J connectivity index is 1.68. The van der Waals surface area contributed by atoms with Crippen LogP contribution in [0.4, 0.5) is 4.79 Å². The van der Waals surface area contributed by atoms with Crippen LogP contribution in [0.15, 0.2) is 54.6 Å². The average molecular weight is 494 g/mol. The molecule has 0 unspecified atom stereocenters. The van der Waals surface area contributed by atoms with Crippen LogP contribution >= 0.6 is 0 Å². The summed E-state index contributed by atoms with van der Waals surface area (Å²) in [4.78, 5) is 12.2. The van der Waals surface area contributed by atoms with E-state index in [9.17, 15) is 13.2 Å². The van der Waals surface area contributed by atoms with E-state index in [1.807, 2.05) is 42.5 Å². The summed E-state index contributed by atoms with van der Waals surface area (Å²) in [7, 11) is -2.23. The van der Waals surface area contributed by atoms with Gasteiger partial charge in [0.2, 0.25) is 0 Å². The van der Waals surface area contributed by atoms with Gasteiger partial charge in [-0.05, 0) is 37.1 Å². The van der Waals surface area contributed by atoms with Crippen LogP contribution in [0.25, 0.3) is 0 Å². The highest BCUT2D eigenvalue weighted by atomic mass is 32.2. The highest BCUT2D eigenvalue weighted by Gasteiger charge is 2.46. The number of rotatable bonds is 10. The zero-order chi connectivity index (χ0) is 24.8. The Morgan fingerprint density at radius 2 is 1.74 bits per heavy atom. The second kappa shape index (κ2) is 11.2. The van der Waals surface area contributed by atoms with Gasteiger partial charge in [-0.25, -0.2) is 4.79 Å². The van der Waals surface area contributed by atoms with Crippen molar-refractivity contribution in [1.29, 1.82) is 0 Å². The molecule has 1 heterocycles. The molecule has 0 aliphatic carbocycles. The number of hydrogen-bond acceptors (Lipinski definition) is 8. The Bertz CT molecular complexity index is 1040. The van der Waals surface area contributed by atoms with Crippen molar-refractivity contribution in [2.75, 3.05) is 19.9 Å². The predicted octanol–water partition coefficient (Wildman–Crippen LogP) is 3.03. The fourth-order valence-corrected chi connectivity index (χ4v) is 4.34. The molecule has 0 spiro atoms. The number of ether oxygens (including phenoxy) is 4. The first kappa shape index (κ1) is 26.0. The lowest BCUT2D eigenvalue weighted by atomic mass is 10.0. The van der Waals surface area contributed by atoms with Crippen LogP contribution in [-0.2, 0) is 41.5 Å². The molecular formula is C24H31NO8S. The molecule has 1 aliphatic rings. The van der Waals surface area contributed by atoms with Crippen molar-refractivity contribution in [3.05, 3.63) is 65.7 Å². The van der Waals surface area contributed by atoms with Gasteiger partial charge < -0.3 is 24.3 Å². The third-order valence-electron chi connectivity index (χ3n) is 5.14. The zero-order valence-electron chi connectivity index (χ0n) is 19.7. The molecule has 10 heteroatoms. The summed E-state index contributed by atoms with van der Waals surface area (Å²) in [6.45, 7) is 3.62. The van der Waals surface area contributed by atoms with Gasteiger partial charge in [0.15, 0.2) is 5.79 Å². The van der Waals surface area contributed by atoms with E-state index in [2.05, 4.69) is 5.32 Å². The smallest absolute Gasteiger partial charge is 0.407 e. The first-order valence-electron chi connectivity index (χ1n) is 10.9. The van der Waals surface area contributed by atoms with Crippen LogP contribution in [0.3, 0.4) is 0 Å². The van der Waals surface area contributed by atoms with Gasteiger partial charge in [-0.3, -0.25) is 4.18 Å². The number of amides is 1. The largest absolute Gasteiger partial charge is 0.497 e. The van der Waals surface area contributed by atoms with E-state index in [0.717, 1.165) is 17.4 Å². The van der Waals surface area contributed by atoms with Crippen LogP contribution in [-0.4, -0.2) is 58.5 Å². The van der Waals surface area contributed by atoms with Gasteiger partial charge >= 0.3 is 6.09 Å². The SMILES string of the molecule is COc1ccc(C[C@@H](OS(C)(=O)=O)[C@H]2OC(C)(C)O[C@@H]2CNC(=O)OCc2ccccc2)cc1. The minimum atomic E-state index is -3.80. The standard InChI is InChI=1S/C24H31NO8S/c1-24(2)31-21(15-25-23(26)30-16-18-8-6-5-7-9-18)22(32-24)20(33-34(4,27)28)14-17-10-12-19(29-3)13-11-17/h5-13,20-22H,14-16H2,1-4H3,(H,25,26)/t20-,21-,22-/m1/s1. The molecule has 1 N–H and O–H groups in total. The van der Waals surface area contributed by atoms with Gasteiger partial charge in [0.25, 0.3) is 10.1 Å². The third-order valence-corrected chi connectivity index (χ3v) is 5.74. The molecule has 0 saturated carbocycles. The second-order valence-electron chi connectivity index (χ2n) is 8.47. The van der Waals surface area contributed by atoms with E-state index in [4.69, 9.17) is 23.1 Å². The van der Waals surface area contributed by atoms with Crippen LogP contribution < -0.4 is 10.1 Å². The number of hydrogen-bond donors (Lipinski definition) is 1. The van der Waals surface area contributed by atoms with Crippen molar-refractivity contribution in [3.8, 4) is 5.75 Å². The zero-order valence-corrected chi connectivity index (χ0v) is 20.5. The lowest BCUT2D eigenvalue weighted by Crippen LogP contribution is -2.45. The Kier molecular flexibility index (Phi) is 8.53. The molecule has 2 aromatic carbocycles. The van der Waals surface area contributed by atoms with E-state index >= 15 is 0 Å². The highest BCUT2D eigenvalue weighted by Crippen LogP contribution is 2.32. The molecule has 0 bridgehead atoms. The van der Waals surface area contributed by atoms with Crippen LogP contribution in [0.2, 0.25) is 0 Å². The monoisotopic (exact) mass is 493 g/mol. The van der Waals surface area contributed by atoms with Gasteiger partial charge in [0, 0.05) is 13.0 Å². The molecule has 186 valence electrons. The number of methoxy groups -OCH3 is 1. The summed E-state index contributed by atoms with van der Waals surface area (Å²) in [5, 5.41) is 2.67. The van der Waals surface area contributed by atoms with Crippen molar-refractivity contribution < 1.29 is 36.3 Å². The summed E-state index contributed by atoms with van der Waals surface area (Å²) in [5.41, 5.74) is 1.69. The number of alkyl carbamates (subject to hydrolysis) is 1. The van der Waals surface area contributed by atoms with Crippen molar-refractivity contribution in [3.63, 3.8) is 0 Å². The molecular weight excluding hydrogens is 462 g/mol. The number of carbonyl (C=O) groups excluding carboxylic acids is 1. The van der Waals surface area contributed by atoms with Crippen molar-refractivity contribution >= 4 is 16.2 Å². The molecule has 9 nitrogen and oxygen atoms in total. The maximum absolute atomic E-state index is 12.2. The number of carbonyl (C=O) groups is 1. The van der Waals surface area contributed by atoms with Gasteiger partial charge in [0.1, 0.15) is 30.7 Å². The number of nitrogens with one attached hydrogen (secondary N) is 1. The fourth-order valence-electron chi connectivity index (χ4n) is 3.72. The molecule has 2 aromatic rings. The fraction of sp³-hybridized carbons (Fsp3) is 0.458. The minimum absolute atomic E-state index is 0.0496. The van der Waals surface area contributed by atoms with Crippen LogP contribution in [0.5, 0.6) is 5.75 Å². The average Bonchev–Trinajstić information content (AvgIpc) is 3.10. The van der Waals surface area contributed by atoms with Crippen LogP contribution in [0, 0.1) is 0 Å². The molecule has 1 fully saturated rings. The van der Waals surface area contributed by atoms with Crippen molar-refractivity contribution in [2.24, 2.45) is 0 Å². The molecule has 3 atom stereocenters. The Labute approximate surface area is 200 Å². The van der Waals surface area contributed by atoms with Crippen molar-refractivity contribution in [2.45, 2.75) is 51.0 Å². The van der Waals surface area contributed by atoms with Gasteiger partial charge in [-0.2, -0.15) is 8.42 Å². The normalized spacial score (nSPS) is 20.5. The second-order valence-corrected chi connectivity index (χ2v) is 10.1. The van der Waals surface area contributed by atoms with E-state index in [1.54, 1.807) is 33.1 Å². The van der Waals surface area contributed by atoms with E-state index in [1.165, 1.54) is 0 Å². The predicted molar refractivity (Wildman–Crippen MR) is 125 cm³/mol. The minimum Gasteiger partial charge on any atom is -0.497 e. The topological polar surface area (TPSA) is 109 Å². The van der Waals surface area contributed by atoms with E-state index in [0.29, 0.717) is 5.75 Å². The maximum Gasteiger partial charge on any atom is 0.407 e. The summed E-state index contributed by atoms with van der Waals surface area (Å²) in [6.07, 6.45) is -1.69. The van der Waals surface area contributed by atoms with Gasteiger partial charge in [-0.15, -0.1) is 0 Å². The molecule has 1 aliphatic heterocycles. The lowest BCUT2D eigenvalue weighted by molar-refractivity contribution is -0.153. The summed E-state index contributed by atoms with van der Waals surface area (Å²) in [6, 6.07) is 16.5. The first-order chi connectivity index (χ1) is 16.0. The molecule has 0 aromatic heterocycles. The Morgan fingerprint density at radius 3 is 2.35 bits per heavy atom. The lowest BCUT2D eigenvalue weighted by Gasteiger charge is -2.26. The molecule has 1 saturated heterocycles. The van der Waals surface area contributed by atoms with Gasteiger partial charge in [-0.1, -0.05) is 42.5 Å². The Morgan fingerprint density at radius 1 is 1.06 bits per heavy atom.